The van der Waals surface area contributed by atoms with Crippen LogP contribution in [-0.2, 0) is 13.5 Å². The van der Waals surface area contributed by atoms with Crippen molar-refractivity contribution < 1.29 is 17.9 Å². The lowest BCUT2D eigenvalue weighted by Crippen LogP contribution is -2.17. The van der Waals surface area contributed by atoms with E-state index in [9.17, 15) is 13.2 Å². The summed E-state index contributed by atoms with van der Waals surface area (Å²) < 4.78 is 43.3. The molecule has 2 aromatic carbocycles. The number of ether oxygens (including phenoxy) is 1. The van der Waals surface area contributed by atoms with Crippen LogP contribution in [0.3, 0.4) is 0 Å². The first-order chi connectivity index (χ1) is 13.8. The fraction of sp³-hybridized carbons (Fsp3) is 0.190. The summed E-state index contributed by atoms with van der Waals surface area (Å²) in [5, 5.41) is 5.92. The Labute approximate surface area is 169 Å². The van der Waals surface area contributed by atoms with Gasteiger partial charge in [-0.15, -0.1) is 13.2 Å². The summed E-state index contributed by atoms with van der Waals surface area (Å²) in [6.07, 6.45) is -0.319. The van der Waals surface area contributed by atoms with E-state index in [0.717, 1.165) is 28.4 Å². The van der Waals surface area contributed by atoms with E-state index >= 15 is 0 Å². The maximum absolute atomic E-state index is 12.4. The van der Waals surface area contributed by atoms with Gasteiger partial charge >= 0.3 is 6.36 Å². The van der Waals surface area contributed by atoms with E-state index in [1.165, 1.54) is 17.7 Å². The average molecular weight is 420 g/mol. The Balaban J connectivity index is 1.52. The van der Waals surface area contributed by atoms with Gasteiger partial charge in [-0.3, -0.25) is 4.98 Å². The molecule has 0 saturated carbocycles. The van der Waals surface area contributed by atoms with Crippen LogP contribution in [0.4, 0.5) is 18.9 Å². The number of benzene rings is 2. The minimum Gasteiger partial charge on any atom is -0.406 e. The smallest absolute Gasteiger partial charge is 0.406 e. The second-order valence-electron chi connectivity index (χ2n) is 6.69. The van der Waals surface area contributed by atoms with Gasteiger partial charge in [0.15, 0.2) is 0 Å². The number of nitrogens with one attached hydrogen (secondary N) is 1. The molecule has 8 heteroatoms. The van der Waals surface area contributed by atoms with Crippen LogP contribution >= 0.6 is 11.6 Å². The molecule has 4 rings (SSSR count). The molecule has 0 amide bonds. The number of alkyl halides is 3. The molecule has 0 fully saturated rings. The Morgan fingerprint density at radius 1 is 1.10 bits per heavy atom. The van der Waals surface area contributed by atoms with Crippen LogP contribution in [0.2, 0.25) is 5.02 Å². The van der Waals surface area contributed by atoms with Crippen molar-refractivity contribution in [3.63, 3.8) is 0 Å². The second-order valence-corrected chi connectivity index (χ2v) is 7.13. The number of hydrogen-bond acceptors (Lipinski definition) is 3. The zero-order valence-corrected chi connectivity index (χ0v) is 16.2. The van der Waals surface area contributed by atoms with Gasteiger partial charge in [-0.2, -0.15) is 0 Å². The molecule has 0 atom stereocenters. The summed E-state index contributed by atoms with van der Waals surface area (Å²) in [5.74, 6) is -0.288. The van der Waals surface area contributed by atoms with Gasteiger partial charge in [-0.05, 0) is 42.3 Å². The van der Waals surface area contributed by atoms with Gasteiger partial charge in [0.25, 0.3) is 0 Å². The van der Waals surface area contributed by atoms with E-state index in [1.807, 2.05) is 29.8 Å². The second kappa shape index (κ2) is 7.48. The quantitative estimate of drug-likeness (QED) is 0.435. The van der Waals surface area contributed by atoms with Crippen LogP contribution in [0, 0.1) is 0 Å². The molecule has 0 unspecified atom stereocenters. The molecule has 2 aromatic heterocycles. The molecule has 0 radical (unpaired) electrons. The predicted octanol–water partition coefficient (Wildman–Crippen LogP) is 5.93. The third-order valence-corrected chi connectivity index (χ3v) is 4.93. The molecule has 0 aliphatic heterocycles. The topological polar surface area (TPSA) is 39.1 Å². The van der Waals surface area contributed by atoms with Crippen LogP contribution in [0.5, 0.6) is 5.75 Å². The van der Waals surface area contributed by atoms with Crippen molar-refractivity contribution in [3.8, 4) is 5.75 Å². The minimum atomic E-state index is -4.73. The number of hydrogen-bond donors (Lipinski definition) is 1. The van der Waals surface area contributed by atoms with E-state index in [0.29, 0.717) is 17.1 Å². The average Bonchev–Trinajstić information content (AvgIpc) is 2.95. The summed E-state index contributed by atoms with van der Waals surface area (Å²) in [6.45, 7) is 0.654. The Bertz CT molecular complexity index is 1190. The van der Waals surface area contributed by atoms with Crippen molar-refractivity contribution in [2.75, 3.05) is 11.9 Å². The Morgan fingerprint density at radius 2 is 1.90 bits per heavy atom. The lowest BCUT2D eigenvalue weighted by molar-refractivity contribution is -0.274. The maximum atomic E-state index is 12.4. The van der Waals surface area contributed by atoms with Crippen LogP contribution in [0.1, 0.15) is 5.56 Å². The number of aryl methyl sites for hydroxylation is 1. The van der Waals surface area contributed by atoms with E-state index in [1.54, 1.807) is 18.3 Å². The first-order valence-electron chi connectivity index (χ1n) is 8.92. The Hall–Kier alpha value is -2.93. The monoisotopic (exact) mass is 419 g/mol. The van der Waals surface area contributed by atoms with Gasteiger partial charge < -0.3 is 14.6 Å². The number of halogens is 4. The standard InChI is InChI=1S/C21H17ClF3N3O/c1-28-12-13(16-4-2-14(22)10-20(16)28)6-8-26-18-7-9-27-19-11-15(3-5-17(18)19)29-21(23,24)25/h2-5,7,9-12H,6,8H2,1H3,(H,26,27). The van der Waals surface area contributed by atoms with Gasteiger partial charge in [0, 0.05) is 59.1 Å². The molecule has 2 heterocycles. The molecule has 0 spiro atoms. The highest BCUT2D eigenvalue weighted by molar-refractivity contribution is 6.31. The summed E-state index contributed by atoms with van der Waals surface area (Å²) in [5.41, 5.74) is 3.48. The van der Waals surface area contributed by atoms with E-state index in [-0.39, 0.29) is 5.75 Å². The first-order valence-corrected chi connectivity index (χ1v) is 9.30. The molecule has 4 aromatic rings. The SMILES string of the molecule is Cn1cc(CCNc2ccnc3cc(OC(F)(F)F)ccc23)c2ccc(Cl)cc21. The van der Waals surface area contributed by atoms with Gasteiger partial charge in [0.2, 0.25) is 0 Å². The third kappa shape index (κ3) is 4.24. The van der Waals surface area contributed by atoms with Crippen molar-refractivity contribution >= 4 is 39.1 Å². The minimum absolute atomic E-state index is 0.288. The van der Waals surface area contributed by atoms with E-state index < -0.39 is 6.36 Å². The highest BCUT2D eigenvalue weighted by atomic mass is 35.5. The predicted molar refractivity (Wildman–Crippen MR) is 109 cm³/mol. The number of rotatable bonds is 5. The third-order valence-electron chi connectivity index (χ3n) is 4.69. The lowest BCUT2D eigenvalue weighted by atomic mass is 10.1. The number of pyridine rings is 1. The summed E-state index contributed by atoms with van der Waals surface area (Å²) >= 11 is 6.08. The molecule has 0 saturated heterocycles. The highest BCUT2D eigenvalue weighted by Gasteiger charge is 2.31. The van der Waals surface area contributed by atoms with Crippen molar-refractivity contribution in [3.05, 3.63) is 65.4 Å². The van der Waals surface area contributed by atoms with Crippen LogP contribution in [-0.4, -0.2) is 22.5 Å². The number of nitrogens with zero attached hydrogens (tertiary/aromatic N) is 2. The molecule has 1 N–H and O–H groups in total. The van der Waals surface area contributed by atoms with E-state index in [4.69, 9.17) is 11.6 Å². The van der Waals surface area contributed by atoms with Crippen molar-refractivity contribution in [1.29, 1.82) is 0 Å². The van der Waals surface area contributed by atoms with Crippen molar-refractivity contribution in [1.82, 2.24) is 9.55 Å². The Morgan fingerprint density at radius 3 is 2.69 bits per heavy atom. The first kappa shape index (κ1) is 19.4. The molecule has 0 aliphatic carbocycles. The zero-order valence-electron chi connectivity index (χ0n) is 15.4. The van der Waals surface area contributed by atoms with Crippen molar-refractivity contribution in [2.45, 2.75) is 12.8 Å². The molecular formula is C21H17ClF3N3O. The maximum Gasteiger partial charge on any atom is 0.573 e. The summed E-state index contributed by atoms with van der Waals surface area (Å²) in [4.78, 5) is 4.15. The summed E-state index contributed by atoms with van der Waals surface area (Å²) in [6, 6.07) is 11.8. The largest absolute Gasteiger partial charge is 0.573 e. The number of anilines is 1. The van der Waals surface area contributed by atoms with Crippen LogP contribution < -0.4 is 10.1 Å². The van der Waals surface area contributed by atoms with Gasteiger partial charge in [-0.1, -0.05) is 17.7 Å². The fourth-order valence-corrected chi connectivity index (χ4v) is 3.62. The van der Waals surface area contributed by atoms with Crippen LogP contribution in [0.15, 0.2) is 54.9 Å². The summed E-state index contributed by atoms with van der Waals surface area (Å²) in [7, 11) is 1.98. The number of aromatic nitrogens is 2. The van der Waals surface area contributed by atoms with Gasteiger partial charge in [0.05, 0.1) is 5.52 Å². The van der Waals surface area contributed by atoms with Crippen LogP contribution in [0.25, 0.3) is 21.8 Å². The molecule has 0 bridgehead atoms. The molecule has 150 valence electrons. The lowest BCUT2D eigenvalue weighted by Gasteiger charge is -2.12. The highest BCUT2D eigenvalue weighted by Crippen LogP contribution is 2.29. The van der Waals surface area contributed by atoms with Gasteiger partial charge in [-0.25, -0.2) is 0 Å². The molecule has 29 heavy (non-hydrogen) atoms. The fourth-order valence-electron chi connectivity index (χ4n) is 3.45. The normalized spacial score (nSPS) is 11.9. The molecule has 0 aliphatic rings. The Kier molecular flexibility index (Phi) is 5.00. The molecule has 4 nitrogen and oxygen atoms in total. The van der Waals surface area contributed by atoms with E-state index in [2.05, 4.69) is 21.2 Å². The van der Waals surface area contributed by atoms with Gasteiger partial charge in [0.1, 0.15) is 5.75 Å². The van der Waals surface area contributed by atoms with Crippen molar-refractivity contribution in [2.24, 2.45) is 7.05 Å². The number of fused-ring (bicyclic) bond motifs is 2. The molecular weight excluding hydrogens is 403 g/mol. The zero-order chi connectivity index (χ0) is 20.6.